The molecular formula is C34H22N2. The summed E-state index contributed by atoms with van der Waals surface area (Å²) in [6.07, 6.45) is 2.81. The molecule has 1 aliphatic heterocycles. The monoisotopic (exact) mass is 458 g/mol. The van der Waals surface area contributed by atoms with Crippen molar-refractivity contribution in [2.24, 2.45) is 0 Å². The zero-order valence-corrected chi connectivity index (χ0v) is 19.6. The lowest BCUT2D eigenvalue weighted by Crippen LogP contribution is -2.21. The van der Waals surface area contributed by atoms with Crippen molar-refractivity contribution in [3.05, 3.63) is 138 Å². The van der Waals surface area contributed by atoms with Crippen molar-refractivity contribution < 1.29 is 0 Å². The van der Waals surface area contributed by atoms with Gasteiger partial charge in [-0.15, -0.1) is 0 Å². The van der Waals surface area contributed by atoms with E-state index in [0.717, 1.165) is 17.6 Å². The predicted molar refractivity (Wildman–Crippen MR) is 150 cm³/mol. The summed E-state index contributed by atoms with van der Waals surface area (Å²) in [5.74, 6) is 0. The quantitative estimate of drug-likeness (QED) is 0.258. The minimum Gasteiger partial charge on any atom is -0.307 e. The zero-order chi connectivity index (χ0) is 23.6. The highest BCUT2D eigenvalue weighted by molar-refractivity contribution is 6.22. The zero-order valence-electron chi connectivity index (χ0n) is 19.6. The molecule has 0 saturated heterocycles. The molecule has 1 aliphatic carbocycles. The fourth-order valence-electron chi connectivity index (χ4n) is 6.15. The van der Waals surface area contributed by atoms with E-state index in [-0.39, 0.29) is 0 Å². The number of hydrogen-bond acceptors (Lipinski definition) is 2. The number of rotatable bonds is 2. The molecule has 1 aromatic heterocycles. The highest BCUT2D eigenvalue weighted by atomic mass is 15.2. The molecule has 2 heteroatoms. The van der Waals surface area contributed by atoms with Crippen LogP contribution in [-0.4, -0.2) is 4.98 Å². The topological polar surface area (TPSA) is 16.1 Å². The normalized spacial score (nSPS) is 13.8. The van der Waals surface area contributed by atoms with Gasteiger partial charge in [0, 0.05) is 29.3 Å². The first-order chi connectivity index (χ1) is 17.9. The molecule has 0 bridgehead atoms. The summed E-state index contributed by atoms with van der Waals surface area (Å²) < 4.78 is 0. The second-order valence-electron chi connectivity index (χ2n) is 9.58. The Kier molecular flexibility index (Phi) is 4.03. The summed E-state index contributed by atoms with van der Waals surface area (Å²) >= 11 is 0. The summed E-state index contributed by atoms with van der Waals surface area (Å²) in [6, 6.07) is 41.6. The van der Waals surface area contributed by atoms with Gasteiger partial charge >= 0.3 is 0 Å². The van der Waals surface area contributed by atoms with Gasteiger partial charge < -0.3 is 4.90 Å². The highest BCUT2D eigenvalue weighted by Crippen LogP contribution is 2.54. The van der Waals surface area contributed by atoms with E-state index in [1.165, 1.54) is 60.9 Å². The van der Waals surface area contributed by atoms with E-state index in [9.17, 15) is 0 Å². The van der Waals surface area contributed by atoms with Crippen LogP contribution in [0.3, 0.4) is 0 Å². The third kappa shape index (κ3) is 2.64. The lowest BCUT2D eigenvalue weighted by Gasteiger charge is -2.34. The maximum absolute atomic E-state index is 4.87. The molecule has 168 valence electrons. The minimum absolute atomic E-state index is 0.898. The van der Waals surface area contributed by atoms with Crippen molar-refractivity contribution in [3.8, 4) is 11.1 Å². The van der Waals surface area contributed by atoms with Gasteiger partial charge in [0.15, 0.2) is 0 Å². The number of benzene rings is 5. The van der Waals surface area contributed by atoms with Gasteiger partial charge in [0.25, 0.3) is 0 Å². The van der Waals surface area contributed by atoms with E-state index in [0.29, 0.717) is 0 Å². The highest BCUT2D eigenvalue weighted by Gasteiger charge is 2.35. The van der Waals surface area contributed by atoms with E-state index in [1.807, 2.05) is 12.3 Å². The van der Waals surface area contributed by atoms with Crippen LogP contribution in [0.1, 0.15) is 16.7 Å². The molecule has 8 rings (SSSR count). The molecule has 2 heterocycles. The Morgan fingerprint density at radius 1 is 0.611 bits per heavy atom. The molecule has 0 spiro atoms. The Balaban J connectivity index is 1.45. The Labute approximate surface area is 209 Å². The number of anilines is 2. The molecular weight excluding hydrogens is 436 g/mol. The summed E-state index contributed by atoms with van der Waals surface area (Å²) in [7, 11) is 0. The Bertz CT molecular complexity index is 1850. The minimum atomic E-state index is 0.898. The second kappa shape index (κ2) is 7.40. The first kappa shape index (κ1) is 19.6. The van der Waals surface area contributed by atoms with Crippen molar-refractivity contribution in [2.75, 3.05) is 4.90 Å². The van der Waals surface area contributed by atoms with Gasteiger partial charge in [-0.05, 0) is 56.8 Å². The molecule has 5 aromatic carbocycles. The van der Waals surface area contributed by atoms with E-state index in [4.69, 9.17) is 4.98 Å². The molecule has 0 radical (unpaired) electrons. The Morgan fingerprint density at radius 3 is 2.28 bits per heavy atom. The smallest absolute Gasteiger partial charge is 0.0945 e. The average Bonchev–Trinajstić information content (AvgIpc) is 3.27. The van der Waals surface area contributed by atoms with Crippen LogP contribution in [0.4, 0.5) is 11.4 Å². The van der Waals surface area contributed by atoms with Crippen molar-refractivity contribution in [1.82, 2.24) is 4.98 Å². The second-order valence-corrected chi connectivity index (χ2v) is 9.58. The van der Waals surface area contributed by atoms with Gasteiger partial charge in [0.05, 0.1) is 16.9 Å². The van der Waals surface area contributed by atoms with Crippen LogP contribution in [0, 0.1) is 0 Å². The van der Waals surface area contributed by atoms with Gasteiger partial charge in [0.1, 0.15) is 0 Å². The van der Waals surface area contributed by atoms with Crippen LogP contribution < -0.4 is 4.90 Å². The predicted octanol–water partition coefficient (Wildman–Crippen LogP) is 8.63. The first-order valence-corrected chi connectivity index (χ1v) is 12.5. The number of para-hydroxylation sites is 1. The van der Waals surface area contributed by atoms with Crippen molar-refractivity contribution in [2.45, 2.75) is 6.42 Å². The average molecular weight is 459 g/mol. The molecule has 0 N–H and O–H groups in total. The van der Waals surface area contributed by atoms with E-state index >= 15 is 0 Å². The third-order valence-corrected chi connectivity index (χ3v) is 7.65. The maximum Gasteiger partial charge on any atom is 0.0945 e. The largest absolute Gasteiger partial charge is 0.307 e. The summed E-state index contributed by atoms with van der Waals surface area (Å²) in [4.78, 5) is 7.33. The standard InChI is InChI=1S/C34H22N2/c1-3-9-22(10-4-1)26-18-19-28-30-21-24-17-16-23-11-8-20-35-32(23)33(24)36(25-12-5-2-6-13-25)34(30)29-15-7-14-27(26)31(28)29/h1-20H,21H2. The molecule has 0 amide bonds. The van der Waals surface area contributed by atoms with Gasteiger partial charge in [-0.1, -0.05) is 97.1 Å². The van der Waals surface area contributed by atoms with Crippen molar-refractivity contribution >= 4 is 44.3 Å². The van der Waals surface area contributed by atoms with Crippen LogP contribution in [0.25, 0.3) is 44.1 Å². The number of hydrogen-bond donors (Lipinski definition) is 0. The summed E-state index contributed by atoms with van der Waals surface area (Å²) in [5.41, 5.74) is 12.6. The van der Waals surface area contributed by atoms with Crippen LogP contribution in [0.15, 0.2) is 121 Å². The molecule has 36 heavy (non-hydrogen) atoms. The Hall–Kier alpha value is -4.69. The van der Waals surface area contributed by atoms with Crippen LogP contribution >= 0.6 is 0 Å². The van der Waals surface area contributed by atoms with Gasteiger partial charge in [0.2, 0.25) is 0 Å². The molecule has 6 aromatic rings. The Morgan fingerprint density at radius 2 is 1.42 bits per heavy atom. The molecule has 0 atom stereocenters. The summed E-state index contributed by atoms with van der Waals surface area (Å²) in [5, 5.41) is 3.84. The molecule has 0 unspecified atom stereocenters. The first-order valence-electron chi connectivity index (χ1n) is 12.5. The SMILES string of the molecule is c1ccc(-c2ccc3c4c(cccc24)C2=C3Cc3ccc4cccnc4c3N2c2ccccc2)cc1. The van der Waals surface area contributed by atoms with Gasteiger partial charge in [-0.2, -0.15) is 0 Å². The van der Waals surface area contributed by atoms with Gasteiger partial charge in [-0.3, -0.25) is 4.98 Å². The van der Waals surface area contributed by atoms with Crippen molar-refractivity contribution in [1.29, 1.82) is 0 Å². The lowest BCUT2D eigenvalue weighted by molar-refractivity contribution is 1.18. The van der Waals surface area contributed by atoms with E-state index in [1.54, 1.807) is 0 Å². The van der Waals surface area contributed by atoms with Crippen LogP contribution in [0.5, 0.6) is 0 Å². The number of fused-ring (bicyclic) bond motifs is 5. The fraction of sp³-hybridized carbons (Fsp3) is 0.0294. The van der Waals surface area contributed by atoms with Crippen LogP contribution in [0.2, 0.25) is 0 Å². The van der Waals surface area contributed by atoms with E-state index < -0.39 is 0 Å². The number of aromatic nitrogens is 1. The molecule has 0 saturated carbocycles. The number of pyridine rings is 1. The number of allylic oxidation sites excluding steroid dienone is 1. The van der Waals surface area contributed by atoms with Gasteiger partial charge in [-0.25, -0.2) is 0 Å². The third-order valence-electron chi connectivity index (χ3n) is 7.65. The van der Waals surface area contributed by atoms with Crippen molar-refractivity contribution in [3.63, 3.8) is 0 Å². The fourth-order valence-corrected chi connectivity index (χ4v) is 6.15. The van der Waals surface area contributed by atoms with E-state index in [2.05, 4.69) is 114 Å². The maximum atomic E-state index is 4.87. The van der Waals surface area contributed by atoms with Crippen LogP contribution in [-0.2, 0) is 6.42 Å². The molecule has 2 aliphatic rings. The molecule has 2 nitrogen and oxygen atoms in total. The number of nitrogens with zero attached hydrogens (tertiary/aromatic N) is 2. The summed E-state index contributed by atoms with van der Waals surface area (Å²) in [6.45, 7) is 0. The molecule has 0 fully saturated rings. The lowest BCUT2D eigenvalue weighted by atomic mass is 9.90.